The second kappa shape index (κ2) is 6.82. The number of benzene rings is 1. The van der Waals surface area contributed by atoms with Crippen LogP contribution < -0.4 is 5.32 Å². The molecule has 1 saturated carbocycles. The maximum Gasteiger partial charge on any atom is 0.317 e. The summed E-state index contributed by atoms with van der Waals surface area (Å²) in [7, 11) is 1.81. The van der Waals surface area contributed by atoms with Crippen molar-refractivity contribution >= 4 is 11.9 Å². The van der Waals surface area contributed by atoms with Gasteiger partial charge in [-0.2, -0.15) is 5.10 Å². The van der Waals surface area contributed by atoms with Crippen LogP contribution in [0, 0.1) is 0 Å². The topological polar surface area (TPSA) is 81.3 Å². The Morgan fingerprint density at radius 2 is 2.00 bits per heavy atom. The molecule has 136 valence electrons. The Bertz CT molecular complexity index is 799. The van der Waals surface area contributed by atoms with E-state index in [1.54, 1.807) is 22.9 Å². The van der Waals surface area contributed by atoms with E-state index < -0.39 is 0 Å². The van der Waals surface area contributed by atoms with Crippen LogP contribution in [0.25, 0.3) is 11.3 Å². The highest BCUT2D eigenvalue weighted by atomic mass is 16.2. The van der Waals surface area contributed by atoms with E-state index in [1.165, 1.54) is 0 Å². The van der Waals surface area contributed by atoms with Gasteiger partial charge in [0.1, 0.15) is 5.69 Å². The molecule has 2 N–H and O–H groups in total. The molecule has 0 bridgehead atoms. The van der Waals surface area contributed by atoms with Gasteiger partial charge in [-0.3, -0.25) is 9.89 Å². The molecule has 1 aliphatic carbocycles. The van der Waals surface area contributed by atoms with Gasteiger partial charge in [0.15, 0.2) is 0 Å². The number of amides is 3. The number of hydrogen-bond acceptors (Lipinski definition) is 3. The lowest BCUT2D eigenvalue weighted by Gasteiger charge is -2.25. The molecule has 1 aromatic carbocycles. The van der Waals surface area contributed by atoms with Crippen molar-refractivity contribution in [1.29, 1.82) is 0 Å². The van der Waals surface area contributed by atoms with E-state index in [9.17, 15) is 9.59 Å². The van der Waals surface area contributed by atoms with Crippen LogP contribution in [0.1, 0.15) is 29.8 Å². The minimum absolute atomic E-state index is 0.0419. The van der Waals surface area contributed by atoms with Gasteiger partial charge in [0.05, 0.1) is 11.7 Å². The fraction of sp³-hybridized carbons (Fsp3) is 0.421. The molecule has 1 aromatic heterocycles. The fourth-order valence-corrected chi connectivity index (χ4v) is 3.27. The summed E-state index contributed by atoms with van der Waals surface area (Å²) in [5.74, 6) is -0.0711. The van der Waals surface area contributed by atoms with Gasteiger partial charge in [-0.1, -0.05) is 30.3 Å². The second-order valence-electron chi connectivity index (χ2n) is 7.06. The van der Waals surface area contributed by atoms with Crippen LogP contribution >= 0.6 is 0 Å². The molecule has 3 amide bonds. The molecule has 1 saturated heterocycles. The SMILES string of the molecule is CN(C(=O)NC1CC1)[C@@H]1CCN(C(=O)c2cc(-c3ccccc3)n[nH]2)C1. The summed E-state index contributed by atoms with van der Waals surface area (Å²) in [6.45, 7) is 1.19. The van der Waals surface area contributed by atoms with Gasteiger partial charge < -0.3 is 15.1 Å². The molecule has 1 atom stereocenters. The van der Waals surface area contributed by atoms with Gasteiger partial charge in [0.25, 0.3) is 5.91 Å². The number of hydrogen-bond donors (Lipinski definition) is 2. The van der Waals surface area contributed by atoms with Crippen LogP contribution in [0.4, 0.5) is 4.79 Å². The van der Waals surface area contributed by atoms with Crippen LogP contribution in [0.3, 0.4) is 0 Å². The number of aromatic amines is 1. The molecule has 7 nitrogen and oxygen atoms in total. The Kier molecular flexibility index (Phi) is 4.36. The molecule has 2 fully saturated rings. The number of aromatic nitrogens is 2. The fourth-order valence-electron chi connectivity index (χ4n) is 3.27. The number of carbonyl (C=O) groups is 2. The molecular formula is C19H23N5O2. The largest absolute Gasteiger partial charge is 0.335 e. The van der Waals surface area contributed by atoms with Gasteiger partial charge in [-0.05, 0) is 25.3 Å². The number of urea groups is 1. The van der Waals surface area contributed by atoms with Crippen molar-refractivity contribution in [2.45, 2.75) is 31.3 Å². The van der Waals surface area contributed by atoms with Gasteiger partial charge in [-0.25, -0.2) is 4.79 Å². The minimum Gasteiger partial charge on any atom is -0.335 e. The number of likely N-dealkylation sites (tertiary alicyclic amines) is 1. The maximum atomic E-state index is 12.8. The Labute approximate surface area is 152 Å². The van der Waals surface area contributed by atoms with E-state index in [1.807, 2.05) is 30.3 Å². The lowest BCUT2D eigenvalue weighted by atomic mass is 10.1. The van der Waals surface area contributed by atoms with Gasteiger partial charge in [0.2, 0.25) is 0 Å². The van der Waals surface area contributed by atoms with Crippen molar-refractivity contribution in [3.8, 4) is 11.3 Å². The van der Waals surface area contributed by atoms with Crippen LogP contribution in [-0.4, -0.2) is 64.2 Å². The average molecular weight is 353 g/mol. The third-order valence-electron chi connectivity index (χ3n) is 5.10. The average Bonchev–Trinajstić information content (AvgIpc) is 3.16. The number of H-pyrrole nitrogens is 1. The van der Waals surface area contributed by atoms with Gasteiger partial charge in [0, 0.05) is 31.7 Å². The first-order valence-corrected chi connectivity index (χ1v) is 9.05. The summed E-state index contributed by atoms with van der Waals surface area (Å²) >= 11 is 0. The van der Waals surface area contributed by atoms with E-state index in [0.717, 1.165) is 30.5 Å². The quantitative estimate of drug-likeness (QED) is 0.883. The van der Waals surface area contributed by atoms with E-state index in [4.69, 9.17) is 0 Å². The zero-order valence-electron chi connectivity index (χ0n) is 14.8. The predicted molar refractivity (Wildman–Crippen MR) is 97.6 cm³/mol. The number of likely N-dealkylation sites (N-methyl/N-ethyl adjacent to an activating group) is 1. The first-order chi connectivity index (χ1) is 12.6. The number of nitrogens with one attached hydrogen (secondary N) is 2. The number of carbonyl (C=O) groups excluding carboxylic acids is 2. The van der Waals surface area contributed by atoms with Crippen molar-refractivity contribution in [2.24, 2.45) is 0 Å². The normalized spacial score (nSPS) is 19.4. The van der Waals surface area contributed by atoms with E-state index in [-0.39, 0.29) is 18.0 Å². The Balaban J connectivity index is 1.38. The van der Waals surface area contributed by atoms with E-state index in [2.05, 4.69) is 15.5 Å². The third-order valence-corrected chi connectivity index (χ3v) is 5.10. The van der Waals surface area contributed by atoms with Gasteiger partial charge >= 0.3 is 6.03 Å². The molecule has 1 aliphatic heterocycles. The molecule has 26 heavy (non-hydrogen) atoms. The van der Waals surface area contributed by atoms with Crippen LogP contribution in [-0.2, 0) is 0 Å². The van der Waals surface area contributed by atoms with E-state index >= 15 is 0 Å². The second-order valence-corrected chi connectivity index (χ2v) is 7.06. The summed E-state index contributed by atoms with van der Waals surface area (Å²) in [6.07, 6.45) is 2.93. The molecule has 7 heteroatoms. The lowest BCUT2D eigenvalue weighted by Crippen LogP contribution is -2.45. The Morgan fingerprint density at radius 1 is 1.23 bits per heavy atom. The number of nitrogens with zero attached hydrogens (tertiary/aromatic N) is 3. The summed E-state index contributed by atoms with van der Waals surface area (Å²) in [5, 5.41) is 10.1. The molecule has 2 aliphatic rings. The van der Waals surface area contributed by atoms with Crippen molar-refractivity contribution in [2.75, 3.05) is 20.1 Å². The van der Waals surface area contributed by atoms with Crippen molar-refractivity contribution in [3.05, 3.63) is 42.1 Å². The summed E-state index contributed by atoms with van der Waals surface area (Å²) in [5.41, 5.74) is 2.21. The van der Waals surface area contributed by atoms with E-state index in [0.29, 0.717) is 24.8 Å². The highest BCUT2D eigenvalue weighted by Gasteiger charge is 2.33. The van der Waals surface area contributed by atoms with Crippen LogP contribution in [0.5, 0.6) is 0 Å². The molecule has 0 radical (unpaired) electrons. The zero-order chi connectivity index (χ0) is 18.1. The first kappa shape index (κ1) is 16.6. The predicted octanol–water partition coefficient (Wildman–Crippen LogP) is 2.09. The van der Waals surface area contributed by atoms with Gasteiger partial charge in [-0.15, -0.1) is 0 Å². The summed E-state index contributed by atoms with van der Waals surface area (Å²) in [4.78, 5) is 28.5. The van der Waals surface area contributed by atoms with Crippen molar-refractivity contribution in [3.63, 3.8) is 0 Å². The molecule has 2 heterocycles. The standard InChI is InChI=1S/C19H23N5O2/c1-23(19(26)20-14-7-8-14)15-9-10-24(12-15)18(25)17-11-16(21-22-17)13-5-3-2-4-6-13/h2-6,11,14-15H,7-10,12H2,1H3,(H,20,26)(H,21,22)/t15-/m1/s1. The summed E-state index contributed by atoms with van der Waals surface area (Å²) < 4.78 is 0. The smallest absolute Gasteiger partial charge is 0.317 e. The lowest BCUT2D eigenvalue weighted by molar-refractivity contribution is 0.0776. The monoisotopic (exact) mass is 353 g/mol. The zero-order valence-corrected chi connectivity index (χ0v) is 14.8. The molecule has 2 aromatic rings. The first-order valence-electron chi connectivity index (χ1n) is 9.05. The Morgan fingerprint density at radius 3 is 2.73 bits per heavy atom. The van der Waals surface area contributed by atoms with Crippen molar-refractivity contribution in [1.82, 2.24) is 25.3 Å². The molecular weight excluding hydrogens is 330 g/mol. The van der Waals surface area contributed by atoms with Crippen LogP contribution in [0.15, 0.2) is 36.4 Å². The third kappa shape index (κ3) is 3.42. The number of rotatable bonds is 4. The maximum absolute atomic E-state index is 12.8. The molecule has 0 spiro atoms. The highest BCUT2D eigenvalue weighted by Crippen LogP contribution is 2.22. The minimum atomic E-state index is -0.0711. The highest BCUT2D eigenvalue weighted by molar-refractivity contribution is 5.93. The molecule has 4 rings (SSSR count). The Hall–Kier alpha value is -2.83. The van der Waals surface area contributed by atoms with Crippen LogP contribution in [0.2, 0.25) is 0 Å². The molecule has 0 unspecified atom stereocenters. The van der Waals surface area contributed by atoms with Crippen molar-refractivity contribution < 1.29 is 9.59 Å². The summed E-state index contributed by atoms with van der Waals surface area (Å²) in [6, 6.07) is 11.9.